The van der Waals surface area contributed by atoms with E-state index in [1.54, 1.807) is 43.3 Å². The van der Waals surface area contributed by atoms with E-state index >= 15 is 0 Å². The Balaban J connectivity index is 2.30. The van der Waals surface area contributed by atoms with Crippen LogP contribution in [-0.4, -0.2) is 20.1 Å². The van der Waals surface area contributed by atoms with Crippen LogP contribution in [0.2, 0.25) is 0 Å². The average molecular weight is 256 g/mol. The molecule has 0 aliphatic heterocycles. The lowest BCUT2D eigenvalue weighted by Crippen LogP contribution is -2.26. The second-order valence-electron chi connectivity index (χ2n) is 4.16. The second-order valence-corrected chi connectivity index (χ2v) is 4.16. The average Bonchev–Trinajstić information content (AvgIpc) is 2.46. The molecule has 4 heteroatoms. The smallest absolute Gasteiger partial charge is 0.261 e. The number of rotatable bonds is 3. The van der Waals surface area contributed by atoms with E-state index in [4.69, 9.17) is 10.5 Å². The molecule has 98 valence electrons. The molecule has 0 aliphatic carbocycles. The van der Waals surface area contributed by atoms with Gasteiger partial charge in [0.2, 0.25) is 0 Å². The number of anilines is 2. The fourth-order valence-electron chi connectivity index (χ4n) is 1.82. The maximum atomic E-state index is 12.4. The fraction of sp³-hybridized carbons (Fsp3) is 0.133. The van der Waals surface area contributed by atoms with Gasteiger partial charge in [-0.15, -0.1) is 0 Å². The number of ether oxygens (including phenoxy) is 1. The topological polar surface area (TPSA) is 55.6 Å². The van der Waals surface area contributed by atoms with E-state index in [1.807, 2.05) is 24.3 Å². The third kappa shape index (κ3) is 2.68. The maximum absolute atomic E-state index is 12.4. The molecule has 0 aliphatic rings. The van der Waals surface area contributed by atoms with Crippen molar-refractivity contribution < 1.29 is 9.53 Å². The van der Waals surface area contributed by atoms with Gasteiger partial charge in [-0.1, -0.05) is 12.1 Å². The number of nitrogens with zero attached hydrogens (tertiary/aromatic N) is 1. The van der Waals surface area contributed by atoms with E-state index < -0.39 is 0 Å². The normalized spacial score (nSPS) is 10.0. The monoisotopic (exact) mass is 256 g/mol. The SMILES string of the molecule is COc1ccccc1C(=O)N(C)c1ccc(N)cc1. The molecule has 0 unspecified atom stereocenters. The Labute approximate surface area is 112 Å². The number of methoxy groups -OCH3 is 1. The van der Waals surface area contributed by atoms with Gasteiger partial charge in [-0.05, 0) is 36.4 Å². The van der Waals surface area contributed by atoms with Crippen LogP contribution in [0.5, 0.6) is 5.75 Å². The Morgan fingerprint density at radius 2 is 1.74 bits per heavy atom. The Kier molecular flexibility index (Phi) is 3.71. The van der Waals surface area contributed by atoms with Gasteiger partial charge >= 0.3 is 0 Å². The molecular formula is C15H16N2O2. The van der Waals surface area contributed by atoms with Crippen molar-refractivity contribution in [2.75, 3.05) is 24.8 Å². The van der Waals surface area contributed by atoms with Crippen LogP contribution in [0.15, 0.2) is 48.5 Å². The minimum atomic E-state index is -0.123. The van der Waals surface area contributed by atoms with Gasteiger partial charge < -0.3 is 15.4 Å². The van der Waals surface area contributed by atoms with Crippen LogP contribution < -0.4 is 15.4 Å². The first kappa shape index (κ1) is 13.0. The Bertz CT molecular complexity index is 579. The number of nitrogens with two attached hydrogens (primary N) is 1. The fourth-order valence-corrected chi connectivity index (χ4v) is 1.82. The predicted octanol–water partition coefficient (Wildman–Crippen LogP) is 2.55. The highest BCUT2D eigenvalue weighted by molar-refractivity contribution is 6.07. The van der Waals surface area contributed by atoms with Crippen molar-refractivity contribution in [3.8, 4) is 5.75 Å². The third-order valence-electron chi connectivity index (χ3n) is 2.92. The van der Waals surface area contributed by atoms with Gasteiger partial charge in [0.15, 0.2) is 0 Å². The summed E-state index contributed by atoms with van der Waals surface area (Å²) in [4.78, 5) is 14.0. The van der Waals surface area contributed by atoms with E-state index in [1.165, 1.54) is 0 Å². The molecule has 0 aromatic heterocycles. The highest BCUT2D eigenvalue weighted by atomic mass is 16.5. The number of carbonyl (C=O) groups is 1. The molecule has 0 radical (unpaired) electrons. The molecule has 19 heavy (non-hydrogen) atoms. The highest BCUT2D eigenvalue weighted by Crippen LogP contribution is 2.22. The number of hydrogen-bond donors (Lipinski definition) is 1. The summed E-state index contributed by atoms with van der Waals surface area (Å²) in [5.74, 6) is 0.442. The van der Waals surface area contributed by atoms with Crippen LogP contribution in [0.1, 0.15) is 10.4 Å². The standard InChI is InChI=1S/C15H16N2O2/c1-17(12-9-7-11(16)8-10-12)15(18)13-5-3-4-6-14(13)19-2/h3-10H,16H2,1-2H3. The first-order valence-electron chi connectivity index (χ1n) is 5.90. The first-order chi connectivity index (χ1) is 9.13. The van der Waals surface area contributed by atoms with Crippen LogP contribution >= 0.6 is 0 Å². The summed E-state index contributed by atoms with van der Waals surface area (Å²) in [6.45, 7) is 0. The van der Waals surface area contributed by atoms with Crippen LogP contribution in [0.25, 0.3) is 0 Å². The zero-order valence-corrected chi connectivity index (χ0v) is 11.0. The quantitative estimate of drug-likeness (QED) is 0.859. The maximum Gasteiger partial charge on any atom is 0.261 e. The van der Waals surface area contributed by atoms with Gasteiger partial charge in [-0.2, -0.15) is 0 Å². The third-order valence-corrected chi connectivity index (χ3v) is 2.92. The summed E-state index contributed by atoms with van der Waals surface area (Å²) in [6.07, 6.45) is 0. The van der Waals surface area contributed by atoms with Gasteiger partial charge in [0, 0.05) is 18.4 Å². The molecule has 1 amide bonds. The summed E-state index contributed by atoms with van der Waals surface area (Å²) in [6, 6.07) is 14.3. The molecule has 2 rings (SSSR count). The summed E-state index contributed by atoms with van der Waals surface area (Å²) < 4.78 is 5.20. The van der Waals surface area contributed by atoms with E-state index in [0.29, 0.717) is 17.0 Å². The van der Waals surface area contributed by atoms with Crippen molar-refractivity contribution in [3.05, 3.63) is 54.1 Å². The summed E-state index contributed by atoms with van der Waals surface area (Å²) >= 11 is 0. The molecule has 2 N–H and O–H groups in total. The van der Waals surface area contributed by atoms with Crippen molar-refractivity contribution in [2.45, 2.75) is 0 Å². The van der Waals surface area contributed by atoms with Crippen LogP contribution in [0.4, 0.5) is 11.4 Å². The lowest BCUT2D eigenvalue weighted by Gasteiger charge is -2.18. The van der Waals surface area contributed by atoms with Crippen molar-refractivity contribution in [1.82, 2.24) is 0 Å². The van der Waals surface area contributed by atoms with Gasteiger partial charge in [-0.3, -0.25) is 4.79 Å². The van der Waals surface area contributed by atoms with E-state index in [0.717, 1.165) is 5.69 Å². The van der Waals surface area contributed by atoms with Gasteiger partial charge in [0.1, 0.15) is 5.75 Å². The molecular weight excluding hydrogens is 240 g/mol. The Hall–Kier alpha value is -2.49. The first-order valence-corrected chi connectivity index (χ1v) is 5.90. The van der Waals surface area contributed by atoms with Crippen LogP contribution in [-0.2, 0) is 0 Å². The van der Waals surface area contributed by atoms with Crippen LogP contribution in [0.3, 0.4) is 0 Å². The van der Waals surface area contributed by atoms with Gasteiger partial charge in [0.05, 0.1) is 12.7 Å². The number of benzene rings is 2. The molecule has 0 saturated heterocycles. The minimum Gasteiger partial charge on any atom is -0.496 e. The molecule has 0 spiro atoms. The van der Waals surface area contributed by atoms with Crippen molar-refractivity contribution in [3.63, 3.8) is 0 Å². The second kappa shape index (κ2) is 5.44. The zero-order valence-electron chi connectivity index (χ0n) is 11.0. The number of para-hydroxylation sites is 1. The van der Waals surface area contributed by atoms with E-state index in [-0.39, 0.29) is 5.91 Å². The molecule has 4 nitrogen and oxygen atoms in total. The number of carbonyl (C=O) groups excluding carboxylic acids is 1. The number of nitrogen functional groups attached to an aromatic ring is 1. The largest absolute Gasteiger partial charge is 0.496 e. The molecule has 0 fully saturated rings. The molecule has 0 atom stereocenters. The van der Waals surface area contributed by atoms with Crippen molar-refractivity contribution in [2.24, 2.45) is 0 Å². The van der Waals surface area contributed by atoms with Crippen molar-refractivity contribution in [1.29, 1.82) is 0 Å². The molecule has 0 bridgehead atoms. The van der Waals surface area contributed by atoms with Gasteiger partial charge in [-0.25, -0.2) is 0 Å². The lowest BCUT2D eigenvalue weighted by molar-refractivity contribution is 0.0990. The highest BCUT2D eigenvalue weighted by Gasteiger charge is 2.17. The van der Waals surface area contributed by atoms with E-state index in [2.05, 4.69) is 0 Å². The molecule has 0 heterocycles. The summed E-state index contributed by atoms with van der Waals surface area (Å²) in [5.41, 5.74) is 7.62. The summed E-state index contributed by atoms with van der Waals surface area (Å²) in [7, 11) is 3.27. The van der Waals surface area contributed by atoms with Crippen molar-refractivity contribution >= 4 is 17.3 Å². The molecule has 0 saturated carbocycles. The Morgan fingerprint density at radius 1 is 1.11 bits per heavy atom. The molecule has 2 aromatic carbocycles. The van der Waals surface area contributed by atoms with E-state index in [9.17, 15) is 4.79 Å². The predicted molar refractivity (Wildman–Crippen MR) is 76.6 cm³/mol. The Morgan fingerprint density at radius 3 is 2.37 bits per heavy atom. The minimum absolute atomic E-state index is 0.123. The number of amides is 1. The lowest BCUT2D eigenvalue weighted by atomic mass is 10.1. The number of hydrogen-bond acceptors (Lipinski definition) is 3. The van der Waals surface area contributed by atoms with Gasteiger partial charge in [0.25, 0.3) is 5.91 Å². The molecule has 2 aromatic rings. The zero-order chi connectivity index (χ0) is 13.8. The van der Waals surface area contributed by atoms with Crippen LogP contribution in [0, 0.1) is 0 Å². The summed E-state index contributed by atoms with van der Waals surface area (Å²) in [5, 5.41) is 0.